The average Bonchev–Trinajstić information content (AvgIpc) is 2.82. The molecule has 4 rings (SSSR count). The molecule has 0 saturated carbocycles. The molecule has 0 aliphatic rings. The molecule has 7 heteroatoms. The van der Waals surface area contributed by atoms with E-state index in [9.17, 15) is 19.7 Å². The van der Waals surface area contributed by atoms with Crippen LogP contribution in [0.5, 0.6) is 5.75 Å². The number of nitro groups is 1. The molecule has 0 spiro atoms. The molecular weight excluding hydrogens is 446 g/mol. The summed E-state index contributed by atoms with van der Waals surface area (Å²) in [4.78, 5) is 36.4. The number of ketones is 1. The molecule has 0 bridgehead atoms. The van der Waals surface area contributed by atoms with Gasteiger partial charge < -0.3 is 9.15 Å². The molecule has 3 aromatic carbocycles. The Hall–Kier alpha value is -4.26. The third kappa shape index (κ3) is 4.99. The van der Waals surface area contributed by atoms with E-state index in [1.165, 1.54) is 24.3 Å². The Kier molecular flexibility index (Phi) is 6.26. The maximum absolute atomic E-state index is 13.4. The number of carbonyl (C=O) groups is 1. The highest BCUT2D eigenvalue weighted by Crippen LogP contribution is 2.33. The van der Waals surface area contributed by atoms with E-state index in [2.05, 4.69) is 20.8 Å². The lowest BCUT2D eigenvalue weighted by atomic mass is 9.86. The molecule has 0 N–H and O–H groups in total. The van der Waals surface area contributed by atoms with Gasteiger partial charge in [-0.15, -0.1) is 0 Å². The summed E-state index contributed by atoms with van der Waals surface area (Å²) in [6.07, 6.45) is 0. The number of carbonyl (C=O) groups excluding carboxylic acids is 1. The molecular formula is C28H25NO6. The molecule has 7 nitrogen and oxygen atoms in total. The van der Waals surface area contributed by atoms with Crippen LogP contribution in [-0.2, 0) is 5.41 Å². The Morgan fingerprint density at radius 1 is 1.00 bits per heavy atom. The third-order valence-electron chi connectivity index (χ3n) is 5.77. The SMILES string of the molecule is Cc1ccc2c(=O)c(OCC(=O)c3ccc([N+](=O)[O-])cc3)c(-c3ccc(C(C)(C)C)cc3)oc2c1. The Morgan fingerprint density at radius 2 is 1.66 bits per heavy atom. The predicted octanol–water partition coefficient (Wildman–Crippen LogP) is 6.24. The summed E-state index contributed by atoms with van der Waals surface area (Å²) in [5, 5.41) is 11.2. The van der Waals surface area contributed by atoms with Gasteiger partial charge in [0.05, 0.1) is 10.3 Å². The quantitative estimate of drug-likeness (QED) is 0.188. The molecule has 0 radical (unpaired) electrons. The molecule has 0 atom stereocenters. The number of non-ortho nitro benzene ring substituents is 1. The van der Waals surface area contributed by atoms with E-state index in [1.54, 1.807) is 12.1 Å². The molecule has 0 aliphatic carbocycles. The van der Waals surface area contributed by atoms with E-state index in [0.717, 1.165) is 11.1 Å². The minimum atomic E-state index is -0.538. The van der Waals surface area contributed by atoms with Crippen molar-refractivity contribution in [1.82, 2.24) is 0 Å². The minimum absolute atomic E-state index is 0.0453. The van der Waals surface area contributed by atoms with Crippen molar-refractivity contribution >= 4 is 22.4 Å². The van der Waals surface area contributed by atoms with Gasteiger partial charge in [0.25, 0.3) is 5.69 Å². The summed E-state index contributed by atoms with van der Waals surface area (Å²) in [5.41, 5.74) is 2.85. The number of hydrogen-bond acceptors (Lipinski definition) is 6. The maximum atomic E-state index is 13.4. The highest BCUT2D eigenvalue weighted by Gasteiger charge is 2.21. The van der Waals surface area contributed by atoms with Crippen molar-refractivity contribution in [2.24, 2.45) is 0 Å². The van der Waals surface area contributed by atoms with Crippen LogP contribution >= 0.6 is 0 Å². The maximum Gasteiger partial charge on any atom is 0.269 e. The summed E-state index contributed by atoms with van der Waals surface area (Å²) in [6.45, 7) is 7.81. The van der Waals surface area contributed by atoms with Crippen molar-refractivity contribution in [2.75, 3.05) is 6.61 Å². The van der Waals surface area contributed by atoms with Crippen LogP contribution in [0.2, 0.25) is 0 Å². The molecule has 0 fully saturated rings. The number of hydrogen-bond donors (Lipinski definition) is 0. The van der Waals surface area contributed by atoms with Crippen LogP contribution in [0.3, 0.4) is 0 Å². The number of benzene rings is 3. The standard InChI is InChI=1S/C28H25NO6/c1-17-5-14-22-24(15-17)35-26(19-6-10-20(11-7-19)28(2,3)4)27(25(22)31)34-16-23(30)18-8-12-21(13-9-18)29(32)33/h5-15H,16H2,1-4H3. The van der Waals surface area contributed by atoms with E-state index >= 15 is 0 Å². The molecule has 0 saturated heterocycles. The molecule has 1 heterocycles. The van der Waals surface area contributed by atoms with Gasteiger partial charge in [0.1, 0.15) is 5.58 Å². The summed E-state index contributed by atoms with van der Waals surface area (Å²) in [6, 6.07) is 18.2. The topological polar surface area (TPSA) is 99.7 Å². The summed E-state index contributed by atoms with van der Waals surface area (Å²) < 4.78 is 11.9. The van der Waals surface area contributed by atoms with E-state index in [4.69, 9.17) is 9.15 Å². The predicted molar refractivity (Wildman–Crippen MR) is 134 cm³/mol. The lowest BCUT2D eigenvalue weighted by Crippen LogP contribution is -2.17. The van der Waals surface area contributed by atoms with Crippen LogP contribution < -0.4 is 10.2 Å². The van der Waals surface area contributed by atoms with Crippen molar-refractivity contribution in [3.05, 3.63) is 104 Å². The zero-order chi connectivity index (χ0) is 25.3. The van der Waals surface area contributed by atoms with Gasteiger partial charge in [-0.3, -0.25) is 19.7 Å². The summed E-state index contributed by atoms with van der Waals surface area (Å²) >= 11 is 0. The van der Waals surface area contributed by atoms with Gasteiger partial charge in [0, 0.05) is 23.3 Å². The van der Waals surface area contributed by atoms with Crippen molar-refractivity contribution in [3.63, 3.8) is 0 Å². The fourth-order valence-corrected chi connectivity index (χ4v) is 3.72. The van der Waals surface area contributed by atoms with Gasteiger partial charge in [0.15, 0.2) is 18.2 Å². The van der Waals surface area contributed by atoms with Crippen molar-refractivity contribution in [3.8, 4) is 17.1 Å². The molecule has 0 unspecified atom stereocenters. The monoisotopic (exact) mass is 471 g/mol. The second-order valence-corrected chi connectivity index (χ2v) is 9.43. The number of aryl methyl sites for hydroxylation is 1. The van der Waals surface area contributed by atoms with Gasteiger partial charge in [-0.1, -0.05) is 51.1 Å². The van der Waals surface area contributed by atoms with Gasteiger partial charge in [0.2, 0.25) is 11.2 Å². The smallest absolute Gasteiger partial charge is 0.269 e. The second-order valence-electron chi connectivity index (χ2n) is 9.43. The number of Topliss-reactive ketones (excluding diaryl/α,β-unsaturated/α-hetero) is 1. The first-order valence-electron chi connectivity index (χ1n) is 11.1. The zero-order valence-corrected chi connectivity index (χ0v) is 20.0. The van der Waals surface area contributed by atoms with Gasteiger partial charge in [-0.2, -0.15) is 0 Å². The zero-order valence-electron chi connectivity index (χ0n) is 20.0. The van der Waals surface area contributed by atoms with Crippen molar-refractivity contribution in [2.45, 2.75) is 33.1 Å². The van der Waals surface area contributed by atoms with E-state index in [-0.39, 0.29) is 33.6 Å². The molecule has 178 valence electrons. The highest BCUT2D eigenvalue weighted by molar-refractivity contribution is 5.97. The Labute approximate surface area is 202 Å². The van der Waals surface area contributed by atoms with Gasteiger partial charge >= 0.3 is 0 Å². The van der Waals surface area contributed by atoms with Crippen LogP contribution in [0.4, 0.5) is 5.69 Å². The molecule has 1 aromatic heterocycles. The molecule has 0 amide bonds. The van der Waals surface area contributed by atoms with Crippen LogP contribution in [0, 0.1) is 17.0 Å². The van der Waals surface area contributed by atoms with Crippen LogP contribution in [0.25, 0.3) is 22.3 Å². The average molecular weight is 472 g/mol. The van der Waals surface area contributed by atoms with Gasteiger partial charge in [-0.05, 0) is 47.7 Å². The largest absolute Gasteiger partial charge is 0.478 e. The van der Waals surface area contributed by atoms with Crippen molar-refractivity contribution in [1.29, 1.82) is 0 Å². The summed E-state index contributed by atoms with van der Waals surface area (Å²) in [7, 11) is 0. The van der Waals surface area contributed by atoms with E-state index in [1.807, 2.05) is 37.3 Å². The number of rotatable bonds is 6. The number of ether oxygens (including phenoxy) is 1. The molecule has 0 aliphatic heterocycles. The lowest BCUT2D eigenvalue weighted by Gasteiger charge is -2.19. The number of nitrogens with zero attached hydrogens (tertiary/aromatic N) is 1. The lowest BCUT2D eigenvalue weighted by molar-refractivity contribution is -0.384. The van der Waals surface area contributed by atoms with Crippen LogP contribution in [-0.4, -0.2) is 17.3 Å². The van der Waals surface area contributed by atoms with Crippen LogP contribution in [0.1, 0.15) is 42.3 Å². The normalized spacial score (nSPS) is 11.4. The Balaban J connectivity index is 1.73. The van der Waals surface area contributed by atoms with Gasteiger partial charge in [-0.25, -0.2) is 0 Å². The Bertz CT molecular complexity index is 1480. The molecule has 4 aromatic rings. The van der Waals surface area contributed by atoms with Crippen molar-refractivity contribution < 1.29 is 18.9 Å². The minimum Gasteiger partial charge on any atom is -0.478 e. The second kappa shape index (κ2) is 9.18. The number of fused-ring (bicyclic) bond motifs is 1. The fourth-order valence-electron chi connectivity index (χ4n) is 3.72. The third-order valence-corrected chi connectivity index (χ3v) is 5.77. The fraction of sp³-hybridized carbons (Fsp3) is 0.214. The van der Waals surface area contributed by atoms with Crippen LogP contribution in [0.15, 0.2) is 75.9 Å². The van der Waals surface area contributed by atoms with E-state index in [0.29, 0.717) is 16.5 Å². The molecule has 35 heavy (non-hydrogen) atoms. The van der Waals surface area contributed by atoms with E-state index < -0.39 is 17.3 Å². The highest BCUT2D eigenvalue weighted by atomic mass is 16.6. The first-order chi connectivity index (χ1) is 16.5. The first-order valence-corrected chi connectivity index (χ1v) is 11.1. The Morgan fingerprint density at radius 3 is 2.26 bits per heavy atom. The summed E-state index contributed by atoms with van der Waals surface area (Å²) in [5.74, 6) is -0.234. The first kappa shape index (κ1) is 23.9. The number of nitro benzene ring substituents is 1.